The van der Waals surface area contributed by atoms with Gasteiger partial charge in [-0.1, -0.05) is 6.92 Å². The number of carbonyl (C=O) groups excluding carboxylic acids is 1. The second-order valence-corrected chi connectivity index (χ2v) is 5.24. The van der Waals surface area contributed by atoms with Crippen molar-refractivity contribution in [2.24, 2.45) is 0 Å². The summed E-state index contributed by atoms with van der Waals surface area (Å²) in [7, 11) is 3.10. The number of benzene rings is 1. The molecule has 0 aliphatic carbocycles. The summed E-state index contributed by atoms with van der Waals surface area (Å²) in [5.74, 6) is 1.25. The van der Waals surface area contributed by atoms with Crippen LogP contribution in [-0.4, -0.2) is 36.1 Å². The Bertz CT molecular complexity index is 706. The Morgan fingerprint density at radius 3 is 2.62 bits per heavy atom. The standard InChI is InChI=1S/C17H22N4O3/c1-5-11(2)19-17-18-9-8-13(21-17)16(22)20-12-6-7-14(23-3)15(10-12)24-4/h6-11H,5H2,1-4H3,(H,20,22)(H,18,19,21). The van der Waals surface area contributed by atoms with Crippen LogP contribution < -0.4 is 20.1 Å². The van der Waals surface area contributed by atoms with Crippen LogP contribution in [0.1, 0.15) is 30.8 Å². The molecule has 2 N–H and O–H groups in total. The van der Waals surface area contributed by atoms with Gasteiger partial charge in [0.05, 0.1) is 14.2 Å². The largest absolute Gasteiger partial charge is 0.493 e. The van der Waals surface area contributed by atoms with Crippen LogP contribution in [0.2, 0.25) is 0 Å². The van der Waals surface area contributed by atoms with Crippen molar-refractivity contribution >= 4 is 17.5 Å². The molecule has 7 heteroatoms. The number of rotatable bonds is 7. The normalized spacial score (nSPS) is 11.5. The van der Waals surface area contributed by atoms with Gasteiger partial charge < -0.3 is 20.1 Å². The van der Waals surface area contributed by atoms with E-state index in [1.165, 1.54) is 0 Å². The molecule has 1 unspecified atom stereocenters. The van der Waals surface area contributed by atoms with E-state index in [0.717, 1.165) is 6.42 Å². The third-order valence-corrected chi connectivity index (χ3v) is 3.52. The van der Waals surface area contributed by atoms with Gasteiger partial charge in [0.25, 0.3) is 5.91 Å². The predicted molar refractivity (Wildman–Crippen MR) is 92.9 cm³/mol. The SMILES string of the molecule is CCC(C)Nc1nccc(C(=O)Nc2ccc(OC)c(OC)c2)n1. The van der Waals surface area contributed by atoms with Gasteiger partial charge in [0.15, 0.2) is 11.5 Å². The molecule has 0 spiro atoms. The van der Waals surface area contributed by atoms with Gasteiger partial charge in [-0.05, 0) is 31.5 Å². The summed E-state index contributed by atoms with van der Waals surface area (Å²) in [6.07, 6.45) is 2.49. The fourth-order valence-corrected chi connectivity index (χ4v) is 1.99. The fourth-order valence-electron chi connectivity index (χ4n) is 1.99. The minimum Gasteiger partial charge on any atom is -0.493 e. The van der Waals surface area contributed by atoms with E-state index >= 15 is 0 Å². The minimum atomic E-state index is -0.322. The Morgan fingerprint density at radius 2 is 1.96 bits per heavy atom. The van der Waals surface area contributed by atoms with E-state index in [9.17, 15) is 4.79 Å². The number of carbonyl (C=O) groups is 1. The van der Waals surface area contributed by atoms with Crippen LogP contribution >= 0.6 is 0 Å². The maximum Gasteiger partial charge on any atom is 0.274 e. The number of aromatic nitrogens is 2. The summed E-state index contributed by atoms with van der Waals surface area (Å²) >= 11 is 0. The molecule has 2 rings (SSSR count). The second-order valence-electron chi connectivity index (χ2n) is 5.24. The topological polar surface area (TPSA) is 85.4 Å². The van der Waals surface area contributed by atoms with Gasteiger partial charge in [-0.3, -0.25) is 4.79 Å². The van der Waals surface area contributed by atoms with Crippen LogP contribution in [0.3, 0.4) is 0 Å². The van der Waals surface area contributed by atoms with Crippen molar-refractivity contribution in [2.75, 3.05) is 24.9 Å². The molecule has 0 saturated heterocycles. The van der Waals surface area contributed by atoms with E-state index in [-0.39, 0.29) is 17.6 Å². The Hall–Kier alpha value is -2.83. The van der Waals surface area contributed by atoms with Crippen LogP contribution in [0.5, 0.6) is 11.5 Å². The van der Waals surface area contributed by atoms with Crippen molar-refractivity contribution in [3.8, 4) is 11.5 Å². The number of anilines is 2. The minimum absolute atomic E-state index is 0.231. The fraction of sp³-hybridized carbons (Fsp3) is 0.353. The lowest BCUT2D eigenvalue weighted by atomic mass is 10.2. The average Bonchev–Trinajstić information content (AvgIpc) is 2.61. The number of nitrogens with one attached hydrogen (secondary N) is 2. The van der Waals surface area contributed by atoms with Crippen LogP contribution in [0.4, 0.5) is 11.6 Å². The van der Waals surface area contributed by atoms with Gasteiger partial charge >= 0.3 is 0 Å². The smallest absolute Gasteiger partial charge is 0.274 e. The Kier molecular flexibility index (Phi) is 5.95. The van der Waals surface area contributed by atoms with Crippen LogP contribution in [0, 0.1) is 0 Å². The van der Waals surface area contributed by atoms with Gasteiger partial charge in [0.1, 0.15) is 5.69 Å². The molecule has 1 aromatic heterocycles. The first-order valence-electron chi connectivity index (χ1n) is 7.70. The molecule has 0 bridgehead atoms. The highest BCUT2D eigenvalue weighted by Gasteiger charge is 2.12. The first kappa shape index (κ1) is 17.5. The van der Waals surface area contributed by atoms with Gasteiger partial charge in [-0.25, -0.2) is 9.97 Å². The Balaban J connectivity index is 2.13. The van der Waals surface area contributed by atoms with E-state index < -0.39 is 0 Å². The van der Waals surface area contributed by atoms with E-state index in [0.29, 0.717) is 23.1 Å². The molecular formula is C17H22N4O3. The molecule has 7 nitrogen and oxygen atoms in total. The molecule has 0 aliphatic heterocycles. The summed E-state index contributed by atoms with van der Waals surface area (Å²) in [6, 6.07) is 6.95. The summed E-state index contributed by atoms with van der Waals surface area (Å²) in [4.78, 5) is 20.7. The molecule has 0 fully saturated rings. The van der Waals surface area contributed by atoms with Gasteiger partial charge in [0, 0.05) is 24.0 Å². The lowest BCUT2D eigenvalue weighted by molar-refractivity contribution is 0.102. The zero-order valence-corrected chi connectivity index (χ0v) is 14.3. The number of hydrogen-bond acceptors (Lipinski definition) is 6. The number of amides is 1. The van der Waals surface area contributed by atoms with Crippen LogP contribution in [0.15, 0.2) is 30.5 Å². The van der Waals surface area contributed by atoms with Crippen molar-refractivity contribution in [1.29, 1.82) is 0 Å². The highest BCUT2D eigenvalue weighted by molar-refractivity contribution is 6.03. The van der Waals surface area contributed by atoms with Gasteiger partial charge in [-0.2, -0.15) is 0 Å². The van der Waals surface area contributed by atoms with Crippen LogP contribution in [0.25, 0.3) is 0 Å². The maximum atomic E-state index is 12.4. The number of nitrogens with zero attached hydrogens (tertiary/aromatic N) is 2. The quantitative estimate of drug-likeness (QED) is 0.812. The molecule has 1 atom stereocenters. The van der Waals surface area contributed by atoms with Crippen molar-refractivity contribution in [3.05, 3.63) is 36.2 Å². The summed E-state index contributed by atoms with van der Waals surface area (Å²) in [5, 5.41) is 5.93. The van der Waals surface area contributed by atoms with Gasteiger partial charge in [-0.15, -0.1) is 0 Å². The zero-order valence-electron chi connectivity index (χ0n) is 14.3. The first-order valence-corrected chi connectivity index (χ1v) is 7.70. The predicted octanol–water partition coefficient (Wildman–Crippen LogP) is 2.96. The summed E-state index contributed by atoms with van der Waals surface area (Å²) in [5.41, 5.74) is 0.873. The molecule has 2 aromatic rings. The average molecular weight is 330 g/mol. The monoisotopic (exact) mass is 330 g/mol. The highest BCUT2D eigenvalue weighted by Crippen LogP contribution is 2.29. The lowest BCUT2D eigenvalue weighted by Crippen LogP contribution is -2.19. The maximum absolute atomic E-state index is 12.4. The highest BCUT2D eigenvalue weighted by atomic mass is 16.5. The second kappa shape index (κ2) is 8.14. The van der Waals surface area contributed by atoms with E-state index in [4.69, 9.17) is 9.47 Å². The summed E-state index contributed by atoms with van der Waals surface area (Å²) in [6.45, 7) is 4.09. The number of ether oxygens (including phenoxy) is 2. The summed E-state index contributed by atoms with van der Waals surface area (Å²) < 4.78 is 10.4. The Morgan fingerprint density at radius 1 is 1.21 bits per heavy atom. The molecule has 1 heterocycles. The Labute approximate surface area is 141 Å². The van der Waals surface area contributed by atoms with Gasteiger partial charge in [0.2, 0.25) is 5.95 Å². The van der Waals surface area contributed by atoms with Crippen molar-refractivity contribution in [1.82, 2.24) is 9.97 Å². The molecule has 1 aromatic carbocycles. The molecule has 24 heavy (non-hydrogen) atoms. The number of hydrogen-bond donors (Lipinski definition) is 2. The molecular weight excluding hydrogens is 308 g/mol. The zero-order chi connectivity index (χ0) is 17.5. The third-order valence-electron chi connectivity index (χ3n) is 3.52. The lowest BCUT2D eigenvalue weighted by Gasteiger charge is -2.12. The molecule has 128 valence electrons. The van der Waals surface area contributed by atoms with Crippen molar-refractivity contribution in [3.63, 3.8) is 0 Å². The van der Waals surface area contributed by atoms with E-state index in [1.54, 1.807) is 44.7 Å². The molecule has 0 aliphatic rings. The van der Waals surface area contributed by atoms with Crippen molar-refractivity contribution in [2.45, 2.75) is 26.3 Å². The number of methoxy groups -OCH3 is 2. The van der Waals surface area contributed by atoms with E-state index in [2.05, 4.69) is 27.5 Å². The van der Waals surface area contributed by atoms with Crippen LogP contribution in [-0.2, 0) is 0 Å². The van der Waals surface area contributed by atoms with Crippen molar-refractivity contribution < 1.29 is 14.3 Å². The van der Waals surface area contributed by atoms with E-state index in [1.807, 2.05) is 6.92 Å². The third kappa shape index (κ3) is 4.34. The molecule has 0 radical (unpaired) electrons. The molecule has 1 amide bonds. The first-order chi connectivity index (χ1) is 11.6. The molecule has 0 saturated carbocycles.